The van der Waals surface area contributed by atoms with Gasteiger partial charge in [0.05, 0.1) is 10.2 Å². The van der Waals surface area contributed by atoms with Crippen LogP contribution in [0.5, 0.6) is 11.5 Å². The molecular formula is C20H20FN3O3S. The summed E-state index contributed by atoms with van der Waals surface area (Å²) in [6.07, 6.45) is -0.763. The number of hydrogen-bond donors (Lipinski definition) is 0. The first-order valence-corrected chi connectivity index (χ1v) is 9.73. The van der Waals surface area contributed by atoms with Gasteiger partial charge in [-0.2, -0.15) is 0 Å². The fourth-order valence-corrected chi connectivity index (χ4v) is 3.94. The number of benzene rings is 2. The van der Waals surface area contributed by atoms with E-state index in [0.717, 1.165) is 0 Å². The van der Waals surface area contributed by atoms with E-state index < -0.39 is 6.10 Å². The summed E-state index contributed by atoms with van der Waals surface area (Å²) in [5.74, 6) is 0.623. The van der Waals surface area contributed by atoms with Gasteiger partial charge in [0.1, 0.15) is 12.4 Å². The highest BCUT2D eigenvalue weighted by Crippen LogP contribution is 2.33. The van der Waals surface area contributed by atoms with E-state index in [0.29, 0.717) is 39.9 Å². The lowest BCUT2D eigenvalue weighted by Gasteiger charge is -2.30. The highest BCUT2D eigenvalue weighted by atomic mass is 32.1. The molecule has 146 valence electrons. The number of rotatable bonds is 5. The SMILES string of the molecule is CN(C)CCN(C(=O)[C@@H]1COc2ccccc2O1)c1nc2ccc(F)cc2s1. The molecular weight excluding hydrogens is 381 g/mol. The number of carbonyl (C=O) groups excluding carboxylic acids is 1. The zero-order valence-electron chi connectivity index (χ0n) is 15.6. The summed E-state index contributed by atoms with van der Waals surface area (Å²) in [7, 11) is 3.87. The lowest BCUT2D eigenvalue weighted by atomic mass is 10.2. The molecule has 8 heteroatoms. The van der Waals surface area contributed by atoms with E-state index in [2.05, 4.69) is 4.98 Å². The molecule has 1 aliphatic heterocycles. The average molecular weight is 401 g/mol. The van der Waals surface area contributed by atoms with Crippen molar-refractivity contribution in [2.45, 2.75) is 6.10 Å². The summed E-state index contributed by atoms with van der Waals surface area (Å²) >= 11 is 1.29. The fraction of sp³-hybridized carbons (Fsp3) is 0.300. The molecule has 0 unspecified atom stereocenters. The molecule has 3 aromatic rings. The van der Waals surface area contributed by atoms with Gasteiger partial charge in [0.2, 0.25) is 6.10 Å². The van der Waals surface area contributed by atoms with Crippen LogP contribution in [0.4, 0.5) is 9.52 Å². The second kappa shape index (κ2) is 7.73. The standard InChI is InChI=1S/C20H20FN3O3S/c1-23(2)9-10-24(20-22-14-8-7-13(21)11-18(14)28-20)19(25)17-12-26-15-5-3-4-6-16(15)27-17/h3-8,11,17H,9-10,12H2,1-2H3/t17-/m0/s1. The summed E-state index contributed by atoms with van der Waals surface area (Å²) in [5, 5.41) is 0.523. The Bertz CT molecular complexity index is 1010. The van der Waals surface area contributed by atoms with Crippen molar-refractivity contribution in [3.8, 4) is 11.5 Å². The second-order valence-corrected chi connectivity index (χ2v) is 7.77. The summed E-state index contributed by atoms with van der Waals surface area (Å²) in [6.45, 7) is 1.23. The Hall–Kier alpha value is -2.71. The van der Waals surface area contributed by atoms with E-state index in [1.165, 1.54) is 23.5 Å². The number of para-hydroxylation sites is 2. The average Bonchev–Trinajstić information content (AvgIpc) is 3.10. The van der Waals surface area contributed by atoms with Crippen molar-refractivity contribution in [2.75, 3.05) is 38.7 Å². The number of anilines is 1. The Morgan fingerprint density at radius 2 is 2.00 bits per heavy atom. The molecule has 6 nitrogen and oxygen atoms in total. The van der Waals surface area contributed by atoms with Crippen LogP contribution >= 0.6 is 11.3 Å². The number of halogens is 1. The Morgan fingerprint density at radius 3 is 2.79 bits per heavy atom. The molecule has 0 fully saturated rings. The van der Waals surface area contributed by atoms with Gasteiger partial charge in [0.25, 0.3) is 5.91 Å². The quantitative estimate of drug-likeness (QED) is 0.657. The predicted molar refractivity (Wildman–Crippen MR) is 107 cm³/mol. The van der Waals surface area contributed by atoms with Crippen LogP contribution in [-0.2, 0) is 4.79 Å². The van der Waals surface area contributed by atoms with Gasteiger partial charge in [-0.1, -0.05) is 23.5 Å². The van der Waals surface area contributed by atoms with E-state index in [1.807, 2.05) is 37.2 Å². The summed E-state index contributed by atoms with van der Waals surface area (Å²) < 4.78 is 25.8. The van der Waals surface area contributed by atoms with Crippen molar-refractivity contribution < 1.29 is 18.7 Å². The largest absolute Gasteiger partial charge is 0.485 e. The van der Waals surface area contributed by atoms with Gasteiger partial charge < -0.3 is 14.4 Å². The normalized spacial score (nSPS) is 15.8. The van der Waals surface area contributed by atoms with Crippen LogP contribution in [0.15, 0.2) is 42.5 Å². The van der Waals surface area contributed by atoms with Crippen LogP contribution in [0.2, 0.25) is 0 Å². The fourth-order valence-electron chi connectivity index (χ4n) is 2.92. The van der Waals surface area contributed by atoms with Gasteiger partial charge in [-0.3, -0.25) is 9.69 Å². The van der Waals surface area contributed by atoms with Crippen molar-refractivity contribution >= 4 is 32.6 Å². The third-order valence-electron chi connectivity index (χ3n) is 4.39. The zero-order chi connectivity index (χ0) is 19.7. The molecule has 1 atom stereocenters. The second-order valence-electron chi connectivity index (χ2n) is 6.77. The molecule has 0 aliphatic carbocycles. The van der Waals surface area contributed by atoms with Crippen LogP contribution in [0, 0.1) is 5.82 Å². The van der Waals surface area contributed by atoms with Crippen molar-refractivity contribution in [1.82, 2.24) is 9.88 Å². The number of amides is 1. The van der Waals surface area contributed by atoms with E-state index in [4.69, 9.17) is 9.47 Å². The molecule has 2 heterocycles. The van der Waals surface area contributed by atoms with Crippen LogP contribution < -0.4 is 14.4 Å². The van der Waals surface area contributed by atoms with Gasteiger partial charge in [0.15, 0.2) is 16.6 Å². The van der Waals surface area contributed by atoms with Crippen LogP contribution in [0.25, 0.3) is 10.2 Å². The third kappa shape index (κ3) is 3.79. The third-order valence-corrected chi connectivity index (χ3v) is 5.43. The smallest absolute Gasteiger partial charge is 0.273 e. The minimum atomic E-state index is -0.763. The minimum Gasteiger partial charge on any atom is -0.485 e. The number of nitrogens with zero attached hydrogens (tertiary/aromatic N) is 3. The minimum absolute atomic E-state index is 0.133. The van der Waals surface area contributed by atoms with Gasteiger partial charge in [-0.15, -0.1) is 0 Å². The van der Waals surface area contributed by atoms with E-state index in [-0.39, 0.29) is 18.3 Å². The number of thiazole rings is 1. The number of aromatic nitrogens is 1. The highest BCUT2D eigenvalue weighted by Gasteiger charge is 2.33. The predicted octanol–water partition coefficient (Wildman–Crippen LogP) is 3.17. The molecule has 0 saturated carbocycles. The molecule has 2 aromatic carbocycles. The summed E-state index contributed by atoms with van der Waals surface area (Å²) in [5.41, 5.74) is 0.662. The van der Waals surface area contributed by atoms with Gasteiger partial charge >= 0.3 is 0 Å². The Kier molecular flexibility index (Phi) is 5.15. The van der Waals surface area contributed by atoms with E-state index >= 15 is 0 Å². The lowest BCUT2D eigenvalue weighted by molar-refractivity contribution is -0.127. The number of hydrogen-bond acceptors (Lipinski definition) is 6. The van der Waals surface area contributed by atoms with Gasteiger partial charge in [-0.05, 0) is 44.4 Å². The van der Waals surface area contributed by atoms with E-state index in [9.17, 15) is 9.18 Å². The Balaban J connectivity index is 1.62. The Labute approximate surface area is 166 Å². The zero-order valence-corrected chi connectivity index (χ0v) is 16.4. The lowest BCUT2D eigenvalue weighted by Crippen LogP contribution is -2.48. The van der Waals surface area contributed by atoms with Gasteiger partial charge in [-0.25, -0.2) is 9.37 Å². The van der Waals surface area contributed by atoms with Crippen LogP contribution in [-0.4, -0.2) is 55.7 Å². The van der Waals surface area contributed by atoms with Crippen LogP contribution in [0.3, 0.4) is 0 Å². The highest BCUT2D eigenvalue weighted by molar-refractivity contribution is 7.22. The first-order chi connectivity index (χ1) is 13.5. The number of fused-ring (bicyclic) bond motifs is 2. The Morgan fingerprint density at radius 1 is 1.21 bits per heavy atom. The molecule has 4 rings (SSSR count). The molecule has 0 radical (unpaired) electrons. The first-order valence-electron chi connectivity index (χ1n) is 8.92. The molecule has 0 N–H and O–H groups in total. The molecule has 0 spiro atoms. The van der Waals surface area contributed by atoms with Crippen molar-refractivity contribution in [3.05, 3.63) is 48.3 Å². The van der Waals surface area contributed by atoms with Crippen LogP contribution in [0.1, 0.15) is 0 Å². The maximum Gasteiger partial charge on any atom is 0.273 e. The summed E-state index contributed by atoms with van der Waals surface area (Å²) in [6, 6.07) is 11.7. The number of likely N-dealkylation sites (N-methyl/N-ethyl adjacent to an activating group) is 1. The maximum atomic E-state index is 13.5. The number of ether oxygens (including phenoxy) is 2. The van der Waals surface area contributed by atoms with Crippen molar-refractivity contribution in [1.29, 1.82) is 0 Å². The molecule has 28 heavy (non-hydrogen) atoms. The monoisotopic (exact) mass is 401 g/mol. The summed E-state index contributed by atoms with van der Waals surface area (Å²) in [4.78, 5) is 21.4. The first kappa shape index (κ1) is 18.6. The molecule has 0 bridgehead atoms. The van der Waals surface area contributed by atoms with Crippen molar-refractivity contribution in [3.63, 3.8) is 0 Å². The molecule has 1 amide bonds. The topological polar surface area (TPSA) is 54.9 Å². The van der Waals surface area contributed by atoms with Gasteiger partial charge in [0, 0.05) is 13.1 Å². The molecule has 1 aliphatic rings. The van der Waals surface area contributed by atoms with E-state index in [1.54, 1.807) is 17.0 Å². The molecule has 1 aromatic heterocycles. The maximum absolute atomic E-state index is 13.5. The van der Waals surface area contributed by atoms with Crippen molar-refractivity contribution in [2.24, 2.45) is 0 Å². The number of carbonyl (C=O) groups is 1. The molecule has 0 saturated heterocycles.